The lowest BCUT2D eigenvalue weighted by Gasteiger charge is -2.23. The molecule has 1 aliphatic carbocycles. The van der Waals surface area contributed by atoms with Gasteiger partial charge in [-0.15, -0.1) is 10.2 Å². The number of alkyl halides is 3. The third kappa shape index (κ3) is 3.44. The molecule has 0 spiro atoms. The minimum atomic E-state index is -4.55. The van der Waals surface area contributed by atoms with Crippen molar-refractivity contribution in [3.05, 3.63) is 57.8 Å². The fraction of sp³-hybridized carbons (Fsp3) is 0.333. The standard InChI is InChI=1S/C15H13F3N4O2/c16-15(17,18)13-7-8-14(20-19-13)21(11-5-6-11)9-10-3-1-2-4-12(10)22(23)24/h1-4,7-8,11H,5-6,9H2. The topological polar surface area (TPSA) is 72.2 Å². The molecule has 1 saturated carbocycles. The number of nitrogens with zero attached hydrogens (tertiary/aromatic N) is 4. The molecule has 1 aromatic carbocycles. The fourth-order valence-corrected chi connectivity index (χ4v) is 2.42. The molecule has 0 unspecified atom stereocenters. The summed E-state index contributed by atoms with van der Waals surface area (Å²) in [5.41, 5.74) is -0.605. The summed E-state index contributed by atoms with van der Waals surface area (Å²) < 4.78 is 37.8. The van der Waals surface area contributed by atoms with Gasteiger partial charge in [0.2, 0.25) is 0 Å². The van der Waals surface area contributed by atoms with Gasteiger partial charge in [-0.1, -0.05) is 18.2 Å². The van der Waals surface area contributed by atoms with Crippen LogP contribution >= 0.6 is 0 Å². The number of nitro benzene ring substituents is 1. The minimum absolute atomic E-state index is 0.0250. The number of benzene rings is 1. The van der Waals surface area contributed by atoms with Gasteiger partial charge in [-0.25, -0.2) is 0 Å². The van der Waals surface area contributed by atoms with Crippen LogP contribution in [-0.2, 0) is 12.7 Å². The van der Waals surface area contributed by atoms with Crippen molar-refractivity contribution >= 4 is 11.5 Å². The zero-order chi connectivity index (χ0) is 17.3. The van der Waals surface area contributed by atoms with Gasteiger partial charge in [-0.3, -0.25) is 10.1 Å². The maximum atomic E-state index is 12.6. The summed E-state index contributed by atoms with van der Waals surface area (Å²) in [6, 6.07) is 8.52. The first-order chi connectivity index (χ1) is 11.4. The van der Waals surface area contributed by atoms with Crippen molar-refractivity contribution in [3.63, 3.8) is 0 Å². The highest BCUT2D eigenvalue weighted by Crippen LogP contribution is 2.34. The van der Waals surface area contributed by atoms with E-state index in [-0.39, 0.29) is 24.1 Å². The van der Waals surface area contributed by atoms with Gasteiger partial charge in [0.15, 0.2) is 11.5 Å². The molecule has 0 aliphatic heterocycles. The van der Waals surface area contributed by atoms with Crippen molar-refractivity contribution in [2.45, 2.75) is 31.6 Å². The summed E-state index contributed by atoms with van der Waals surface area (Å²) in [6.45, 7) is 0.196. The Bertz CT molecular complexity index is 745. The molecule has 6 nitrogen and oxygen atoms in total. The van der Waals surface area contributed by atoms with Crippen LogP contribution in [0.5, 0.6) is 0 Å². The molecule has 0 amide bonds. The molecule has 0 N–H and O–H groups in total. The molecule has 2 aromatic rings. The van der Waals surface area contributed by atoms with Crippen molar-refractivity contribution in [3.8, 4) is 0 Å². The van der Waals surface area contributed by atoms with E-state index in [1.165, 1.54) is 12.1 Å². The van der Waals surface area contributed by atoms with Crippen LogP contribution in [0.3, 0.4) is 0 Å². The molecule has 1 aliphatic rings. The van der Waals surface area contributed by atoms with Crippen LogP contribution in [0.1, 0.15) is 24.1 Å². The van der Waals surface area contributed by atoms with Crippen LogP contribution in [0.4, 0.5) is 24.7 Å². The predicted molar refractivity (Wildman–Crippen MR) is 79.3 cm³/mol. The van der Waals surface area contributed by atoms with Crippen LogP contribution in [-0.4, -0.2) is 21.2 Å². The van der Waals surface area contributed by atoms with Crippen LogP contribution in [0.25, 0.3) is 0 Å². The third-order valence-electron chi connectivity index (χ3n) is 3.75. The number of nitro groups is 1. The Hall–Kier alpha value is -2.71. The maximum absolute atomic E-state index is 12.6. The number of hydrogen-bond acceptors (Lipinski definition) is 5. The highest BCUT2D eigenvalue weighted by molar-refractivity contribution is 5.47. The van der Waals surface area contributed by atoms with Gasteiger partial charge in [-0.05, 0) is 25.0 Å². The van der Waals surface area contributed by atoms with Crippen molar-refractivity contribution in [2.75, 3.05) is 4.90 Å². The first-order valence-electron chi connectivity index (χ1n) is 7.26. The predicted octanol–water partition coefficient (Wildman–Crippen LogP) is 3.57. The quantitative estimate of drug-likeness (QED) is 0.615. The Balaban J connectivity index is 1.88. The number of para-hydroxylation sites is 1. The third-order valence-corrected chi connectivity index (χ3v) is 3.75. The van der Waals surface area contributed by atoms with E-state index < -0.39 is 16.8 Å². The van der Waals surface area contributed by atoms with E-state index in [1.54, 1.807) is 23.1 Å². The molecule has 24 heavy (non-hydrogen) atoms. The lowest BCUT2D eigenvalue weighted by atomic mass is 10.1. The maximum Gasteiger partial charge on any atom is 0.435 e. The van der Waals surface area contributed by atoms with Crippen molar-refractivity contribution in [1.82, 2.24) is 10.2 Å². The monoisotopic (exact) mass is 338 g/mol. The van der Waals surface area contributed by atoms with Gasteiger partial charge in [0.05, 0.1) is 11.5 Å². The van der Waals surface area contributed by atoms with Gasteiger partial charge < -0.3 is 4.90 Å². The highest BCUT2D eigenvalue weighted by Gasteiger charge is 2.35. The molecule has 3 rings (SSSR count). The second-order valence-corrected chi connectivity index (χ2v) is 5.52. The number of anilines is 1. The van der Waals surface area contributed by atoms with E-state index in [0.29, 0.717) is 5.56 Å². The Morgan fingerprint density at radius 2 is 1.88 bits per heavy atom. The molecule has 1 aromatic heterocycles. The number of halogens is 3. The van der Waals surface area contributed by atoms with E-state index in [1.807, 2.05) is 0 Å². The van der Waals surface area contributed by atoms with Crippen LogP contribution in [0.15, 0.2) is 36.4 Å². The smallest absolute Gasteiger partial charge is 0.348 e. The molecule has 0 bridgehead atoms. The Morgan fingerprint density at radius 3 is 2.42 bits per heavy atom. The lowest BCUT2D eigenvalue weighted by molar-refractivity contribution is -0.385. The van der Waals surface area contributed by atoms with E-state index in [2.05, 4.69) is 10.2 Å². The summed E-state index contributed by atoms with van der Waals surface area (Å²) in [5, 5.41) is 18.0. The molecule has 1 heterocycles. The Morgan fingerprint density at radius 1 is 1.17 bits per heavy atom. The Labute approximate surface area is 135 Å². The SMILES string of the molecule is O=[N+]([O-])c1ccccc1CN(c1ccc(C(F)(F)F)nn1)C1CC1. The molecule has 0 atom stereocenters. The van der Waals surface area contributed by atoms with E-state index in [4.69, 9.17) is 0 Å². The van der Waals surface area contributed by atoms with Crippen molar-refractivity contribution in [1.29, 1.82) is 0 Å². The van der Waals surface area contributed by atoms with Gasteiger partial charge in [0.1, 0.15) is 0 Å². The summed E-state index contributed by atoms with van der Waals surface area (Å²) >= 11 is 0. The summed E-state index contributed by atoms with van der Waals surface area (Å²) in [7, 11) is 0. The highest BCUT2D eigenvalue weighted by atomic mass is 19.4. The van der Waals surface area contributed by atoms with Crippen molar-refractivity contribution in [2.24, 2.45) is 0 Å². The van der Waals surface area contributed by atoms with E-state index in [9.17, 15) is 23.3 Å². The summed E-state index contributed by atoms with van der Waals surface area (Å²) in [4.78, 5) is 12.4. The zero-order valence-electron chi connectivity index (χ0n) is 12.4. The van der Waals surface area contributed by atoms with Crippen LogP contribution in [0.2, 0.25) is 0 Å². The molecular formula is C15H13F3N4O2. The number of rotatable bonds is 5. The summed E-state index contributed by atoms with van der Waals surface area (Å²) in [6.07, 6.45) is -2.82. The van der Waals surface area contributed by atoms with Gasteiger partial charge in [0, 0.05) is 17.7 Å². The van der Waals surface area contributed by atoms with Gasteiger partial charge in [-0.2, -0.15) is 13.2 Å². The average molecular weight is 338 g/mol. The first kappa shape index (κ1) is 16.2. The average Bonchev–Trinajstić information content (AvgIpc) is 3.37. The second-order valence-electron chi connectivity index (χ2n) is 5.52. The van der Waals surface area contributed by atoms with Crippen molar-refractivity contribution < 1.29 is 18.1 Å². The lowest BCUT2D eigenvalue weighted by Crippen LogP contribution is -2.27. The van der Waals surface area contributed by atoms with Crippen LogP contribution < -0.4 is 4.90 Å². The molecule has 126 valence electrons. The minimum Gasteiger partial charge on any atom is -0.348 e. The normalized spacial score (nSPS) is 14.5. The number of hydrogen-bond donors (Lipinski definition) is 0. The molecule has 9 heteroatoms. The Kier molecular flexibility index (Phi) is 4.08. The zero-order valence-corrected chi connectivity index (χ0v) is 12.4. The van der Waals surface area contributed by atoms with Gasteiger partial charge in [0.25, 0.3) is 5.69 Å². The van der Waals surface area contributed by atoms with Gasteiger partial charge >= 0.3 is 6.18 Å². The van der Waals surface area contributed by atoms with E-state index >= 15 is 0 Å². The summed E-state index contributed by atoms with van der Waals surface area (Å²) in [5.74, 6) is 0.281. The fourth-order valence-electron chi connectivity index (χ4n) is 2.42. The van der Waals surface area contributed by atoms with Crippen LogP contribution in [0, 0.1) is 10.1 Å². The largest absolute Gasteiger partial charge is 0.435 e. The second kappa shape index (κ2) is 6.06. The molecule has 0 radical (unpaired) electrons. The molecule has 0 saturated heterocycles. The first-order valence-corrected chi connectivity index (χ1v) is 7.26. The number of aromatic nitrogens is 2. The molecule has 1 fully saturated rings. The molecular weight excluding hydrogens is 325 g/mol. The van der Waals surface area contributed by atoms with E-state index in [0.717, 1.165) is 18.9 Å².